The number of nitrogens with one attached hydrogen (secondary N) is 1. The minimum Gasteiger partial charge on any atom is -0.384 e. The lowest BCUT2D eigenvalue weighted by Gasteiger charge is -2.45. The number of carbonyl (C=O) groups is 3. The summed E-state index contributed by atoms with van der Waals surface area (Å²) in [4.78, 5) is 39.7. The van der Waals surface area contributed by atoms with E-state index in [1.165, 1.54) is 0 Å². The standard InChI is InChI=1S/C15H23N3O4/c1-16-13(20)10-5-12(19)18(6-10)11-7-17(8-11)14(21)15(3-4-15)9-22-2/h10-11H,3-9H2,1-2H3,(H,16,20). The van der Waals surface area contributed by atoms with Crippen LogP contribution in [0, 0.1) is 11.3 Å². The third kappa shape index (κ3) is 2.47. The molecule has 3 amide bonds. The minimum absolute atomic E-state index is 0.0173. The van der Waals surface area contributed by atoms with Crippen molar-refractivity contribution in [3.63, 3.8) is 0 Å². The maximum absolute atomic E-state index is 12.4. The normalized spacial score (nSPS) is 26.8. The summed E-state index contributed by atoms with van der Waals surface area (Å²) in [5, 5.41) is 2.60. The quantitative estimate of drug-likeness (QED) is 0.722. The first-order chi connectivity index (χ1) is 10.5. The molecule has 2 aliphatic heterocycles. The average Bonchev–Trinajstić information content (AvgIpc) is 3.14. The lowest BCUT2D eigenvalue weighted by molar-refractivity contribution is -0.150. The van der Waals surface area contributed by atoms with Crippen LogP contribution in [-0.2, 0) is 19.1 Å². The molecule has 2 saturated heterocycles. The number of hydrogen-bond donors (Lipinski definition) is 1. The molecule has 22 heavy (non-hydrogen) atoms. The van der Waals surface area contributed by atoms with Gasteiger partial charge in [-0.25, -0.2) is 0 Å². The third-order valence-electron chi connectivity index (χ3n) is 5.09. The van der Waals surface area contributed by atoms with E-state index in [0.717, 1.165) is 12.8 Å². The molecular weight excluding hydrogens is 286 g/mol. The van der Waals surface area contributed by atoms with E-state index in [4.69, 9.17) is 4.74 Å². The number of hydrogen-bond acceptors (Lipinski definition) is 4. The molecule has 1 saturated carbocycles. The first kappa shape index (κ1) is 15.3. The van der Waals surface area contributed by atoms with E-state index >= 15 is 0 Å². The van der Waals surface area contributed by atoms with Crippen molar-refractivity contribution in [3.05, 3.63) is 0 Å². The monoisotopic (exact) mass is 309 g/mol. The van der Waals surface area contributed by atoms with Crippen LogP contribution in [0.5, 0.6) is 0 Å². The van der Waals surface area contributed by atoms with Gasteiger partial charge in [0.2, 0.25) is 17.7 Å². The highest BCUT2D eigenvalue weighted by atomic mass is 16.5. The van der Waals surface area contributed by atoms with Crippen LogP contribution in [-0.4, -0.2) is 74.0 Å². The van der Waals surface area contributed by atoms with E-state index in [0.29, 0.717) is 26.2 Å². The predicted molar refractivity (Wildman–Crippen MR) is 77.8 cm³/mol. The van der Waals surface area contributed by atoms with E-state index in [2.05, 4.69) is 5.32 Å². The molecule has 3 rings (SSSR count). The maximum Gasteiger partial charge on any atom is 0.231 e. The molecule has 7 nitrogen and oxygen atoms in total. The smallest absolute Gasteiger partial charge is 0.231 e. The molecule has 1 aliphatic carbocycles. The van der Waals surface area contributed by atoms with E-state index in [1.54, 1.807) is 19.1 Å². The number of rotatable bonds is 5. The molecule has 1 unspecified atom stereocenters. The van der Waals surface area contributed by atoms with Crippen LogP contribution in [0.25, 0.3) is 0 Å². The Morgan fingerprint density at radius 3 is 2.55 bits per heavy atom. The fraction of sp³-hybridized carbons (Fsp3) is 0.800. The summed E-state index contributed by atoms with van der Waals surface area (Å²) >= 11 is 0. The van der Waals surface area contributed by atoms with Gasteiger partial charge in [-0.05, 0) is 12.8 Å². The number of carbonyl (C=O) groups excluding carboxylic acids is 3. The summed E-state index contributed by atoms with van der Waals surface area (Å²) in [7, 11) is 3.21. The van der Waals surface area contributed by atoms with Crippen molar-refractivity contribution in [2.45, 2.75) is 25.3 Å². The number of amides is 3. The Hall–Kier alpha value is -1.63. The van der Waals surface area contributed by atoms with Crippen LogP contribution in [0.3, 0.4) is 0 Å². The van der Waals surface area contributed by atoms with Gasteiger partial charge >= 0.3 is 0 Å². The van der Waals surface area contributed by atoms with Gasteiger partial charge in [0.1, 0.15) is 0 Å². The maximum atomic E-state index is 12.4. The Labute approximate surface area is 129 Å². The van der Waals surface area contributed by atoms with E-state index in [9.17, 15) is 14.4 Å². The molecule has 3 fully saturated rings. The number of ether oxygens (including phenoxy) is 1. The largest absolute Gasteiger partial charge is 0.384 e. The van der Waals surface area contributed by atoms with Gasteiger partial charge in [-0.15, -0.1) is 0 Å². The van der Waals surface area contributed by atoms with E-state index in [1.807, 2.05) is 4.90 Å². The summed E-state index contributed by atoms with van der Waals surface area (Å²) < 4.78 is 5.15. The molecule has 0 aromatic carbocycles. The van der Waals surface area contributed by atoms with Crippen LogP contribution in [0.15, 0.2) is 0 Å². The van der Waals surface area contributed by atoms with Crippen LogP contribution in [0.2, 0.25) is 0 Å². The third-order valence-corrected chi connectivity index (χ3v) is 5.09. The summed E-state index contributed by atoms with van der Waals surface area (Å²) in [5.74, 6) is -0.172. The number of nitrogens with zero attached hydrogens (tertiary/aromatic N) is 2. The van der Waals surface area contributed by atoms with Crippen LogP contribution in [0.1, 0.15) is 19.3 Å². The van der Waals surface area contributed by atoms with E-state index < -0.39 is 0 Å². The lowest BCUT2D eigenvalue weighted by atomic mass is 10.0. The number of methoxy groups -OCH3 is 1. The first-order valence-electron chi connectivity index (χ1n) is 7.80. The second-order valence-electron chi connectivity index (χ2n) is 6.64. The molecule has 122 valence electrons. The molecule has 3 aliphatic rings. The van der Waals surface area contributed by atoms with Gasteiger partial charge < -0.3 is 19.9 Å². The molecule has 1 N–H and O–H groups in total. The second-order valence-corrected chi connectivity index (χ2v) is 6.64. The lowest BCUT2D eigenvalue weighted by Crippen LogP contribution is -2.63. The van der Waals surface area contributed by atoms with Crippen LogP contribution < -0.4 is 5.32 Å². The van der Waals surface area contributed by atoms with Crippen LogP contribution >= 0.6 is 0 Å². The Balaban J connectivity index is 1.52. The highest BCUT2D eigenvalue weighted by Gasteiger charge is 2.54. The Morgan fingerprint density at radius 2 is 2.00 bits per heavy atom. The average molecular weight is 309 g/mol. The molecule has 0 aromatic rings. The minimum atomic E-state index is -0.306. The molecule has 1 atom stereocenters. The van der Waals surface area contributed by atoms with Gasteiger partial charge in [0.25, 0.3) is 0 Å². The van der Waals surface area contributed by atoms with Crippen molar-refractivity contribution in [1.82, 2.24) is 15.1 Å². The van der Waals surface area contributed by atoms with Gasteiger partial charge in [0.15, 0.2) is 0 Å². The van der Waals surface area contributed by atoms with Crippen molar-refractivity contribution < 1.29 is 19.1 Å². The SMILES string of the molecule is CNC(=O)C1CC(=O)N(C2CN(C(=O)C3(COC)CC3)C2)C1. The van der Waals surface area contributed by atoms with Crippen LogP contribution in [0.4, 0.5) is 0 Å². The zero-order valence-corrected chi connectivity index (χ0v) is 13.1. The fourth-order valence-electron chi connectivity index (χ4n) is 3.47. The molecule has 0 spiro atoms. The predicted octanol–water partition coefficient (Wildman–Crippen LogP) is -0.782. The van der Waals surface area contributed by atoms with Crippen molar-refractivity contribution in [2.75, 3.05) is 40.4 Å². The molecule has 2 heterocycles. The first-order valence-corrected chi connectivity index (χ1v) is 7.80. The Morgan fingerprint density at radius 1 is 1.32 bits per heavy atom. The second kappa shape index (κ2) is 5.53. The Bertz CT molecular complexity index is 497. The molecule has 0 aromatic heterocycles. The van der Waals surface area contributed by atoms with Crippen molar-refractivity contribution in [1.29, 1.82) is 0 Å². The topological polar surface area (TPSA) is 79.0 Å². The van der Waals surface area contributed by atoms with E-state index in [-0.39, 0.29) is 41.5 Å². The molecular formula is C15H23N3O4. The highest BCUT2D eigenvalue weighted by Crippen LogP contribution is 2.48. The zero-order valence-electron chi connectivity index (χ0n) is 13.1. The van der Waals surface area contributed by atoms with Gasteiger partial charge in [-0.3, -0.25) is 14.4 Å². The number of likely N-dealkylation sites (tertiary alicyclic amines) is 2. The Kier molecular flexibility index (Phi) is 3.84. The summed E-state index contributed by atoms with van der Waals surface area (Å²) in [6.45, 7) is 2.11. The van der Waals surface area contributed by atoms with Gasteiger partial charge in [0.05, 0.1) is 24.0 Å². The molecule has 0 radical (unpaired) electrons. The van der Waals surface area contributed by atoms with Crippen molar-refractivity contribution in [2.24, 2.45) is 11.3 Å². The van der Waals surface area contributed by atoms with Crippen molar-refractivity contribution >= 4 is 17.7 Å². The zero-order chi connectivity index (χ0) is 15.9. The highest BCUT2D eigenvalue weighted by molar-refractivity contribution is 5.90. The van der Waals surface area contributed by atoms with Crippen molar-refractivity contribution in [3.8, 4) is 0 Å². The van der Waals surface area contributed by atoms with Gasteiger partial charge in [0, 0.05) is 40.2 Å². The fourth-order valence-corrected chi connectivity index (χ4v) is 3.47. The summed E-state index contributed by atoms with van der Waals surface area (Å²) in [6.07, 6.45) is 2.06. The summed E-state index contributed by atoms with van der Waals surface area (Å²) in [6, 6.07) is 0.0597. The van der Waals surface area contributed by atoms with Gasteiger partial charge in [-0.1, -0.05) is 0 Å². The van der Waals surface area contributed by atoms with Gasteiger partial charge in [-0.2, -0.15) is 0 Å². The summed E-state index contributed by atoms with van der Waals surface area (Å²) in [5.41, 5.74) is -0.306. The molecule has 0 bridgehead atoms. The molecule has 7 heteroatoms.